The van der Waals surface area contributed by atoms with Crippen LogP contribution in [0.5, 0.6) is 0 Å². The highest BCUT2D eigenvalue weighted by Gasteiger charge is 2.59. The minimum Gasteiger partial charge on any atom is -0.481 e. The molecule has 1 saturated heterocycles. The van der Waals surface area contributed by atoms with Gasteiger partial charge in [0.1, 0.15) is 5.41 Å². The zero-order valence-corrected chi connectivity index (χ0v) is 10.8. The van der Waals surface area contributed by atoms with Crippen LogP contribution in [0.3, 0.4) is 0 Å². The Bertz CT molecular complexity index is 363. The molecular weight excluding hydrogens is 263 g/mol. The van der Waals surface area contributed by atoms with Crippen molar-refractivity contribution >= 4 is 20.0 Å². The second kappa shape index (κ2) is 5.73. The Hall–Kier alpha value is -1.04. The maximum absolute atomic E-state index is 11.4. The third-order valence-corrected chi connectivity index (χ3v) is 4.64. The van der Waals surface area contributed by atoms with Crippen LogP contribution in [0.25, 0.3) is 0 Å². The molecule has 1 heterocycles. The molecule has 1 rings (SSSR count). The van der Waals surface area contributed by atoms with Crippen molar-refractivity contribution in [1.82, 2.24) is 0 Å². The highest BCUT2D eigenvalue weighted by atomic mass is 31.1. The Morgan fingerprint density at radius 3 is 2.44 bits per heavy atom. The summed E-state index contributed by atoms with van der Waals surface area (Å²) in [4.78, 5) is 31.4. The van der Waals surface area contributed by atoms with Crippen LogP contribution in [0.4, 0.5) is 0 Å². The van der Waals surface area contributed by atoms with Crippen LogP contribution in [-0.2, 0) is 18.9 Å². The van der Waals surface area contributed by atoms with Gasteiger partial charge in [-0.1, -0.05) is 0 Å². The summed E-state index contributed by atoms with van der Waals surface area (Å²) in [7, 11) is -2.92. The molecular formula is C10H16O7P+. The summed E-state index contributed by atoms with van der Waals surface area (Å²) in [5.41, 5.74) is -3.04. The van der Waals surface area contributed by atoms with Crippen LogP contribution >= 0.6 is 8.03 Å². The van der Waals surface area contributed by atoms with Gasteiger partial charge in [0.05, 0.1) is 12.5 Å². The number of carboxylic acid groups (broad SMARTS) is 2. The Morgan fingerprint density at radius 2 is 2.11 bits per heavy atom. The molecule has 18 heavy (non-hydrogen) atoms. The van der Waals surface area contributed by atoms with Crippen LogP contribution in [0.15, 0.2) is 0 Å². The molecule has 1 fully saturated rings. The Morgan fingerprint density at radius 1 is 1.50 bits per heavy atom. The van der Waals surface area contributed by atoms with Crippen molar-refractivity contribution in [3.63, 3.8) is 0 Å². The van der Waals surface area contributed by atoms with Gasteiger partial charge in [0.25, 0.3) is 0 Å². The van der Waals surface area contributed by atoms with Crippen molar-refractivity contribution in [2.75, 3.05) is 6.61 Å². The van der Waals surface area contributed by atoms with E-state index in [1.165, 1.54) is 6.92 Å². The lowest BCUT2D eigenvalue weighted by Crippen LogP contribution is -2.48. The smallest absolute Gasteiger partial charge is 0.481 e. The number of carbonyl (C=O) groups is 2. The van der Waals surface area contributed by atoms with Crippen molar-refractivity contribution < 1.29 is 34.0 Å². The van der Waals surface area contributed by atoms with Gasteiger partial charge >= 0.3 is 20.0 Å². The van der Waals surface area contributed by atoms with E-state index in [-0.39, 0.29) is 0 Å². The maximum Gasteiger partial charge on any atom is 0.510 e. The van der Waals surface area contributed by atoms with Crippen LogP contribution in [0, 0.1) is 5.41 Å². The van der Waals surface area contributed by atoms with Crippen LogP contribution in [0.1, 0.15) is 26.2 Å². The first-order valence-corrected chi connectivity index (χ1v) is 6.80. The SMILES string of the molecule is CC(C(=O)O)(C1CCCO1)C(CC(=O)O)[P+](=O)O. The number of ether oxygens (including phenoxy) is 1. The highest BCUT2D eigenvalue weighted by molar-refractivity contribution is 7.39. The first-order chi connectivity index (χ1) is 8.30. The third-order valence-electron chi connectivity index (χ3n) is 3.39. The minimum absolute atomic E-state index is 0.384. The van der Waals surface area contributed by atoms with Gasteiger partial charge in [-0.3, -0.25) is 9.59 Å². The summed E-state index contributed by atoms with van der Waals surface area (Å²) in [6.45, 7) is 1.66. The fraction of sp³-hybridized carbons (Fsp3) is 0.800. The summed E-state index contributed by atoms with van der Waals surface area (Å²) < 4.78 is 16.6. The summed E-state index contributed by atoms with van der Waals surface area (Å²) in [6.07, 6.45) is -0.295. The molecule has 0 amide bonds. The zero-order chi connectivity index (χ0) is 13.9. The van der Waals surface area contributed by atoms with Crippen LogP contribution in [0.2, 0.25) is 0 Å². The number of hydrogen-bond acceptors (Lipinski definition) is 4. The lowest BCUT2D eigenvalue weighted by Gasteiger charge is -2.30. The summed E-state index contributed by atoms with van der Waals surface area (Å²) >= 11 is 0. The predicted octanol–water partition coefficient (Wildman–Crippen LogP) is 0.834. The monoisotopic (exact) mass is 279 g/mol. The van der Waals surface area contributed by atoms with Gasteiger partial charge in [-0.25, -0.2) is 0 Å². The van der Waals surface area contributed by atoms with Gasteiger partial charge in [-0.15, -0.1) is 0 Å². The van der Waals surface area contributed by atoms with E-state index in [0.717, 1.165) is 0 Å². The zero-order valence-electron chi connectivity index (χ0n) is 9.90. The molecule has 3 N–H and O–H groups in total. The van der Waals surface area contributed by atoms with Crippen molar-refractivity contribution in [3.05, 3.63) is 0 Å². The van der Waals surface area contributed by atoms with Crippen molar-refractivity contribution in [3.8, 4) is 0 Å². The lowest BCUT2D eigenvalue weighted by molar-refractivity contribution is -0.157. The third kappa shape index (κ3) is 2.85. The maximum atomic E-state index is 11.4. The molecule has 4 unspecified atom stereocenters. The first-order valence-electron chi connectivity index (χ1n) is 5.52. The molecule has 0 spiro atoms. The van der Waals surface area contributed by atoms with E-state index in [1.54, 1.807) is 0 Å². The Balaban J connectivity index is 3.09. The topological polar surface area (TPSA) is 121 Å². The number of aliphatic carboxylic acids is 2. The quantitative estimate of drug-likeness (QED) is 0.616. The van der Waals surface area contributed by atoms with Crippen molar-refractivity contribution in [1.29, 1.82) is 0 Å². The van der Waals surface area contributed by atoms with Gasteiger partial charge in [0.2, 0.25) is 5.66 Å². The van der Waals surface area contributed by atoms with Gasteiger partial charge in [-0.05, 0) is 24.3 Å². The molecule has 1 aliphatic rings. The minimum atomic E-state index is -2.92. The fourth-order valence-electron chi connectivity index (χ4n) is 2.23. The van der Waals surface area contributed by atoms with Gasteiger partial charge in [-0.2, -0.15) is 4.89 Å². The predicted molar refractivity (Wildman–Crippen MR) is 60.6 cm³/mol. The van der Waals surface area contributed by atoms with E-state index < -0.39 is 43.6 Å². The number of carboxylic acids is 2. The van der Waals surface area contributed by atoms with E-state index in [2.05, 4.69) is 0 Å². The summed E-state index contributed by atoms with van der Waals surface area (Å²) in [5, 5.41) is 18.1. The molecule has 8 heteroatoms. The number of rotatable bonds is 6. The molecule has 0 aromatic heterocycles. The number of hydrogen-bond donors (Lipinski definition) is 3. The average Bonchev–Trinajstić information content (AvgIpc) is 2.77. The largest absolute Gasteiger partial charge is 0.510 e. The van der Waals surface area contributed by atoms with E-state index in [4.69, 9.17) is 9.84 Å². The molecule has 0 aromatic rings. The van der Waals surface area contributed by atoms with E-state index in [1.807, 2.05) is 0 Å². The van der Waals surface area contributed by atoms with Crippen LogP contribution < -0.4 is 0 Å². The molecule has 0 bridgehead atoms. The Kier molecular flexibility index (Phi) is 4.78. The van der Waals surface area contributed by atoms with Crippen molar-refractivity contribution in [2.24, 2.45) is 5.41 Å². The molecule has 4 atom stereocenters. The first kappa shape index (κ1) is 15.0. The average molecular weight is 279 g/mol. The van der Waals surface area contributed by atoms with E-state index in [0.29, 0.717) is 19.4 Å². The Labute approximate surface area is 105 Å². The standard InChI is InChI=1S/C10H15O7P/c1-10(9(13)14,6-3-2-4-17-6)7(18(15)16)5-8(11)12/h6-7H,2-5H2,1H3,(H2-,11,12,13,14,15,16)/p+1. The highest BCUT2D eigenvalue weighted by Crippen LogP contribution is 2.46. The normalized spacial score (nSPS) is 25.2. The molecule has 7 nitrogen and oxygen atoms in total. The molecule has 0 aliphatic carbocycles. The molecule has 1 aliphatic heterocycles. The molecule has 0 saturated carbocycles. The summed E-state index contributed by atoms with van der Waals surface area (Å²) in [5.74, 6) is -2.61. The van der Waals surface area contributed by atoms with Crippen molar-refractivity contribution in [2.45, 2.75) is 37.9 Å². The second-order valence-corrected chi connectivity index (χ2v) is 5.73. The second-order valence-electron chi connectivity index (χ2n) is 4.51. The summed E-state index contributed by atoms with van der Waals surface area (Å²) in [6, 6.07) is 0. The molecule has 0 aromatic carbocycles. The van der Waals surface area contributed by atoms with E-state index in [9.17, 15) is 24.2 Å². The van der Waals surface area contributed by atoms with Crippen LogP contribution in [-0.4, -0.2) is 45.4 Å². The van der Waals surface area contributed by atoms with E-state index >= 15 is 0 Å². The lowest BCUT2D eigenvalue weighted by atomic mass is 9.78. The fourth-order valence-corrected chi connectivity index (χ4v) is 3.28. The molecule has 0 radical (unpaired) electrons. The van der Waals surface area contributed by atoms with Gasteiger partial charge < -0.3 is 14.9 Å². The molecule has 102 valence electrons. The van der Waals surface area contributed by atoms with Gasteiger partial charge in [0.15, 0.2) is 0 Å². The van der Waals surface area contributed by atoms with Gasteiger partial charge in [0, 0.05) is 6.61 Å².